The Balaban J connectivity index is 1.64. The van der Waals surface area contributed by atoms with E-state index in [1.165, 1.54) is 12.1 Å². The number of halogens is 2. The zero-order valence-corrected chi connectivity index (χ0v) is 25.0. The van der Waals surface area contributed by atoms with Crippen LogP contribution >= 0.6 is 0 Å². The van der Waals surface area contributed by atoms with E-state index in [0.29, 0.717) is 58.0 Å². The number of aryl methyl sites for hydroxylation is 1. The summed E-state index contributed by atoms with van der Waals surface area (Å²) in [7, 11) is 4.90. The van der Waals surface area contributed by atoms with E-state index < -0.39 is 23.2 Å². The summed E-state index contributed by atoms with van der Waals surface area (Å²) in [5.74, 6) is -1.87. The molecule has 0 spiro atoms. The van der Waals surface area contributed by atoms with Gasteiger partial charge in [-0.1, -0.05) is 12.1 Å². The first-order valence-corrected chi connectivity index (χ1v) is 14.7. The minimum atomic E-state index is -1.13. The van der Waals surface area contributed by atoms with Crippen LogP contribution in [0.1, 0.15) is 42.4 Å². The molecule has 10 heteroatoms. The number of carbonyl (C=O) groups is 1. The molecule has 1 N–H and O–H groups in total. The van der Waals surface area contributed by atoms with Gasteiger partial charge in [0.2, 0.25) is 5.91 Å². The summed E-state index contributed by atoms with van der Waals surface area (Å²) in [5.41, 5.74) is 1.42. The number of rotatable bonds is 17. The lowest BCUT2D eigenvalue weighted by Gasteiger charge is -2.45. The highest BCUT2D eigenvalue weighted by Crippen LogP contribution is 2.42. The molecule has 42 heavy (non-hydrogen) atoms. The molecule has 232 valence electrons. The monoisotopic (exact) mass is 590 g/mol. The van der Waals surface area contributed by atoms with Gasteiger partial charge in [0, 0.05) is 47.1 Å². The molecule has 2 fully saturated rings. The number of nitrogens with one attached hydrogen (secondary N) is 1. The highest BCUT2D eigenvalue weighted by atomic mass is 19.2. The topological polar surface area (TPSA) is 78.5 Å². The van der Waals surface area contributed by atoms with Gasteiger partial charge in [0.1, 0.15) is 18.0 Å². The number of hydrogen-bond acceptors (Lipinski definition) is 7. The molecule has 2 aromatic rings. The van der Waals surface area contributed by atoms with E-state index in [9.17, 15) is 13.6 Å². The predicted octanol–water partition coefficient (Wildman–Crippen LogP) is 4.23. The van der Waals surface area contributed by atoms with Gasteiger partial charge in [0.25, 0.3) is 0 Å². The molecule has 1 amide bonds. The fourth-order valence-corrected chi connectivity index (χ4v) is 5.70. The number of amides is 1. The molecule has 1 aliphatic heterocycles. The third-order valence-corrected chi connectivity index (χ3v) is 7.96. The van der Waals surface area contributed by atoms with Gasteiger partial charge in [-0.15, -0.1) is 0 Å². The second-order valence-corrected chi connectivity index (χ2v) is 11.0. The Bertz CT molecular complexity index is 1140. The minimum Gasteiger partial charge on any atom is -0.491 e. The SMILES string of the molecule is COCCCc1cc(CN(C(=O)[C@H]2CNCC[C@]2(OCCOC)c2ccc(F)c(F)c2)C2CC2)cc(OCCOC)c1. The van der Waals surface area contributed by atoms with Crippen molar-refractivity contribution < 1.29 is 37.3 Å². The number of nitrogens with zero attached hydrogens (tertiary/aromatic N) is 1. The Labute approximate surface area is 247 Å². The van der Waals surface area contributed by atoms with Crippen LogP contribution in [0.5, 0.6) is 5.75 Å². The van der Waals surface area contributed by atoms with Crippen molar-refractivity contribution >= 4 is 5.91 Å². The Morgan fingerprint density at radius 1 is 0.929 bits per heavy atom. The molecule has 8 nitrogen and oxygen atoms in total. The van der Waals surface area contributed by atoms with Crippen LogP contribution < -0.4 is 10.1 Å². The third-order valence-electron chi connectivity index (χ3n) is 7.96. The Morgan fingerprint density at radius 2 is 1.67 bits per heavy atom. The van der Waals surface area contributed by atoms with Gasteiger partial charge in [-0.05, 0) is 79.6 Å². The van der Waals surface area contributed by atoms with Gasteiger partial charge >= 0.3 is 0 Å². The summed E-state index contributed by atoms with van der Waals surface area (Å²) < 4.78 is 56.5. The molecule has 2 aliphatic rings. The third kappa shape index (κ3) is 8.26. The van der Waals surface area contributed by atoms with Gasteiger partial charge in [-0.25, -0.2) is 8.78 Å². The van der Waals surface area contributed by atoms with Crippen LogP contribution in [0.3, 0.4) is 0 Å². The first kappa shape index (κ1) is 32.3. The summed E-state index contributed by atoms with van der Waals surface area (Å²) >= 11 is 0. The number of methoxy groups -OCH3 is 3. The van der Waals surface area contributed by atoms with Crippen molar-refractivity contribution in [1.82, 2.24) is 10.2 Å². The van der Waals surface area contributed by atoms with Crippen molar-refractivity contribution in [1.29, 1.82) is 0 Å². The van der Waals surface area contributed by atoms with Gasteiger partial charge in [0.05, 0.1) is 25.7 Å². The number of carbonyl (C=O) groups excluding carboxylic acids is 1. The van der Waals surface area contributed by atoms with E-state index >= 15 is 0 Å². The van der Waals surface area contributed by atoms with Gasteiger partial charge in [-0.2, -0.15) is 0 Å². The fourth-order valence-electron chi connectivity index (χ4n) is 5.70. The average Bonchev–Trinajstić information content (AvgIpc) is 3.83. The van der Waals surface area contributed by atoms with Crippen LogP contribution in [0.25, 0.3) is 0 Å². The lowest BCUT2D eigenvalue weighted by atomic mass is 9.75. The molecule has 0 bridgehead atoms. The van der Waals surface area contributed by atoms with Crippen LogP contribution in [-0.2, 0) is 42.3 Å². The number of ether oxygens (including phenoxy) is 5. The van der Waals surface area contributed by atoms with Crippen LogP contribution in [0.2, 0.25) is 0 Å². The molecule has 2 atom stereocenters. The van der Waals surface area contributed by atoms with Crippen LogP contribution in [-0.4, -0.2) is 84.3 Å². The van der Waals surface area contributed by atoms with Gasteiger partial charge in [0.15, 0.2) is 11.6 Å². The Morgan fingerprint density at radius 3 is 2.38 bits per heavy atom. The van der Waals surface area contributed by atoms with Crippen LogP contribution in [0, 0.1) is 17.6 Å². The molecule has 1 saturated heterocycles. The first-order chi connectivity index (χ1) is 20.4. The molecule has 2 aromatic carbocycles. The maximum atomic E-state index is 14.5. The smallest absolute Gasteiger partial charge is 0.230 e. The Hall–Kier alpha value is -2.63. The largest absolute Gasteiger partial charge is 0.491 e. The maximum absolute atomic E-state index is 14.5. The second-order valence-electron chi connectivity index (χ2n) is 11.0. The number of benzene rings is 2. The first-order valence-electron chi connectivity index (χ1n) is 14.7. The highest BCUT2D eigenvalue weighted by Gasteiger charge is 2.50. The Kier molecular flexibility index (Phi) is 12.1. The van der Waals surface area contributed by atoms with Crippen molar-refractivity contribution in [2.45, 2.75) is 50.3 Å². The van der Waals surface area contributed by atoms with Crippen molar-refractivity contribution in [3.63, 3.8) is 0 Å². The lowest BCUT2D eigenvalue weighted by molar-refractivity contribution is -0.162. The molecule has 0 radical (unpaired) electrons. The molecular formula is C32H44F2N2O6. The summed E-state index contributed by atoms with van der Waals surface area (Å²) in [6.07, 6.45) is 3.95. The number of piperidine rings is 1. The van der Waals surface area contributed by atoms with Crippen LogP contribution in [0.15, 0.2) is 36.4 Å². The normalized spacial score (nSPS) is 20.5. The van der Waals surface area contributed by atoms with E-state index in [2.05, 4.69) is 11.4 Å². The summed E-state index contributed by atoms with van der Waals surface area (Å²) in [6.45, 7) is 3.42. The molecular weight excluding hydrogens is 546 g/mol. The highest BCUT2D eigenvalue weighted by molar-refractivity contribution is 5.81. The van der Waals surface area contributed by atoms with E-state index in [4.69, 9.17) is 23.7 Å². The molecule has 1 heterocycles. The van der Waals surface area contributed by atoms with Crippen molar-refractivity contribution in [2.24, 2.45) is 5.92 Å². The van der Waals surface area contributed by atoms with Crippen molar-refractivity contribution in [2.75, 3.05) is 67.5 Å². The van der Waals surface area contributed by atoms with Gasteiger partial charge in [-0.3, -0.25) is 4.79 Å². The molecule has 1 saturated carbocycles. The summed E-state index contributed by atoms with van der Waals surface area (Å²) in [4.78, 5) is 16.4. The zero-order chi connectivity index (χ0) is 30.0. The average molecular weight is 591 g/mol. The van der Waals surface area contributed by atoms with Gasteiger partial charge < -0.3 is 33.9 Å². The second kappa shape index (κ2) is 15.7. The minimum absolute atomic E-state index is 0.0708. The molecule has 0 aromatic heterocycles. The fraction of sp³-hybridized carbons (Fsp3) is 0.594. The molecule has 4 rings (SSSR count). The number of hydrogen-bond donors (Lipinski definition) is 1. The van der Waals surface area contributed by atoms with E-state index in [-0.39, 0.29) is 18.6 Å². The summed E-state index contributed by atoms with van der Waals surface area (Å²) in [6, 6.07) is 10.0. The maximum Gasteiger partial charge on any atom is 0.230 e. The van der Waals surface area contributed by atoms with E-state index in [1.807, 2.05) is 17.0 Å². The zero-order valence-electron chi connectivity index (χ0n) is 25.0. The van der Waals surface area contributed by atoms with Crippen molar-refractivity contribution in [3.8, 4) is 5.75 Å². The molecule has 0 unspecified atom stereocenters. The van der Waals surface area contributed by atoms with E-state index in [0.717, 1.165) is 48.6 Å². The lowest BCUT2D eigenvalue weighted by Crippen LogP contribution is -2.57. The molecule has 1 aliphatic carbocycles. The van der Waals surface area contributed by atoms with Crippen LogP contribution in [0.4, 0.5) is 8.78 Å². The van der Waals surface area contributed by atoms with Crippen molar-refractivity contribution in [3.05, 3.63) is 64.7 Å². The quantitative estimate of drug-likeness (QED) is 0.277. The summed E-state index contributed by atoms with van der Waals surface area (Å²) in [5, 5.41) is 3.34. The van der Waals surface area contributed by atoms with E-state index in [1.54, 1.807) is 21.3 Å². The predicted molar refractivity (Wildman–Crippen MR) is 154 cm³/mol. The standard InChI is InChI=1S/C32H44F2N2O6/c1-38-12-4-5-23-17-24(19-27(18-23)41-15-13-39-2)22-36(26-7-8-26)31(37)28-21-35-11-10-32(28,42-16-14-40-3)25-6-9-29(33)30(34)20-25/h6,9,17-20,26,28,35H,4-5,7-8,10-16,21-22H2,1-3H3/t28-,32+/m1/s1.